The number of hydrogen-bond acceptors (Lipinski definition) is 15. The lowest BCUT2D eigenvalue weighted by atomic mass is 9.99. The number of carbonyl (C=O) groups is 1. The summed E-state index contributed by atoms with van der Waals surface area (Å²) in [6, 6.07) is 17.6. The SMILES string of the molecule is CCc1cc(N2CC(N)CC2C(=O)CNCc2ccc3occc3c2)nc(-n2ccnc2)n1.Cc1cc(C(C)(C)NC/C=C/Cc2ccc3c(c2)OCCO3)nc(-n2cncn2)n1. The van der Waals surface area contributed by atoms with E-state index in [2.05, 4.69) is 78.8 Å². The van der Waals surface area contributed by atoms with Crippen molar-refractivity contribution in [3.8, 4) is 23.4 Å². The Morgan fingerprint density at radius 2 is 1.79 bits per heavy atom. The molecule has 2 atom stereocenters. The highest BCUT2D eigenvalue weighted by Crippen LogP contribution is 2.31. The minimum absolute atomic E-state index is 0.0841. The third-order valence-corrected chi connectivity index (χ3v) is 10.9. The summed E-state index contributed by atoms with van der Waals surface area (Å²) in [5, 5.41) is 12.0. The maximum Gasteiger partial charge on any atom is 0.252 e. The second-order valence-corrected chi connectivity index (χ2v) is 16.1. The number of ether oxygens (including phenoxy) is 2. The number of furan rings is 1. The summed E-state index contributed by atoms with van der Waals surface area (Å²) in [5.41, 5.74) is 11.8. The topological polar surface area (TPSA) is 202 Å². The van der Waals surface area contributed by atoms with Gasteiger partial charge in [-0.15, -0.1) is 0 Å². The van der Waals surface area contributed by atoms with Crippen LogP contribution in [0.15, 0.2) is 109 Å². The van der Waals surface area contributed by atoms with Crippen molar-refractivity contribution in [3.05, 3.63) is 133 Å². The number of Topliss-reactive ketones (excluding diaryl/α,β-unsaturated/α-hetero) is 1. The highest BCUT2D eigenvalue weighted by molar-refractivity contribution is 5.89. The Balaban J connectivity index is 0.000000174. The Morgan fingerprint density at radius 3 is 2.60 bits per heavy atom. The van der Waals surface area contributed by atoms with E-state index in [1.807, 2.05) is 67.4 Å². The Morgan fingerprint density at radius 1 is 0.937 bits per heavy atom. The lowest BCUT2D eigenvalue weighted by Crippen LogP contribution is -2.41. The zero-order chi connectivity index (χ0) is 43.8. The number of nitrogens with zero attached hydrogens (tertiary/aromatic N) is 10. The average molecular weight is 852 g/mol. The number of anilines is 1. The first-order valence-corrected chi connectivity index (χ1v) is 21.2. The predicted octanol–water partition coefficient (Wildman–Crippen LogP) is 5.00. The standard InChI is InChI=1S/C24H27N7O2.C22H26N6O2/c1-2-19-11-23(29-24(28-19)30-7-6-26-15-30)31-14-18(25)10-20(31)21(32)13-27-12-16-3-4-22-17(9-16)5-8-33-22;1-16-12-20(27-21(26-16)28-15-23-14-25-28)22(2,3)24-9-5-4-6-17-7-8-18-19(13-17)30-11-10-29-18/h3-9,11,15,18,20,27H,2,10,12-14,25H2,1H3;4-5,7-8,12-15,24H,6,9-11H2,1-3H3/b;5-4+. The van der Waals surface area contributed by atoms with Gasteiger partial charge in [-0.1, -0.05) is 31.2 Å². The summed E-state index contributed by atoms with van der Waals surface area (Å²) in [6.45, 7) is 11.6. The normalized spacial score (nSPS) is 16.1. The number of imidazole rings is 1. The van der Waals surface area contributed by atoms with Crippen LogP contribution in [0.2, 0.25) is 0 Å². The number of rotatable bonds is 15. The lowest BCUT2D eigenvalue weighted by molar-refractivity contribution is -0.119. The Hall–Kier alpha value is -6.82. The number of hydrogen-bond donors (Lipinski definition) is 3. The molecule has 7 heterocycles. The van der Waals surface area contributed by atoms with Crippen molar-refractivity contribution in [3.63, 3.8) is 0 Å². The van der Waals surface area contributed by atoms with E-state index in [4.69, 9.17) is 24.6 Å². The van der Waals surface area contributed by atoms with Gasteiger partial charge >= 0.3 is 0 Å². The van der Waals surface area contributed by atoms with Crippen molar-refractivity contribution >= 4 is 22.6 Å². The summed E-state index contributed by atoms with van der Waals surface area (Å²) >= 11 is 0. The number of nitrogens with one attached hydrogen (secondary N) is 2. The first-order valence-electron chi connectivity index (χ1n) is 21.2. The Labute approximate surface area is 365 Å². The average Bonchev–Trinajstić information content (AvgIpc) is 4.15. The first-order chi connectivity index (χ1) is 30.6. The lowest BCUT2D eigenvalue weighted by Gasteiger charge is -2.25. The Bertz CT molecular complexity index is 2640. The van der Waals surface area contributed by atoms with E-state index in [1.54, 1.807) is 34.4 Å². The largest absolute Gasteiger partial charge is 0.486 e. The van der Waals surface area contributed by atoms with E-state index in [0.717, 1.165) is 70.3 Å². The van der Waals surface area contributed by atoms with Crippen LogP contribution in [0.25, 0.3) is 22.9 Å². The van der Waals surface area contributed by atoms with Crippen LogP contribution in [0.3, 0.4) is 0 Å². The fraction of sp³-hybridized carbons (Fsp3) is 0.348. The molecule has 7 aromatic rings. The van der Waals surface area contributed by atoms with Gasteiger partial charge in [0, 0.05) is 60.9 Å². The third kappa shape index (κ3) is 10.6. The van der Waals surface area contributed by atoms with Crippen LogP contribution >= 0.6 is 0 Å². The number of benzene rings is 2. The van der Waals surface area contributed by atoms with Crippen LogP contribution < -0.4 is 30.7 Å². The van der Waals surface area contributed by atoms with Gasteiger partial charge in [-0.3, -0.25) is 9.36 Å². The molecule has 1 saturated heterocycles. The van der Waals surface area contributed by atoms with Gasteiger partial charge in [0.05, 0.1) is 30.1 Å². The first kappa shape index (κ1) is 42.9. The van der Waals surface area contributed by atoms with Crippen LogP contribution in [0.1, 0.15) is 55.4 Å². The molecular weight excluding hydrogens is 799 g/mol. The molecule has 0 bridgehead atoms. The summed E-state index contributed by atoms with van der Waals surface area (Å²) in [5.74, 6) is 3.54. The van der Waals surface area contributed by atoms with Crippen LogP contribution in [-0.4, -0.2) is 95.0 Å². The van der Waals surface area contributed by atoms with Crippen LogP contribution in [-0.2, 0) is 29.7 Å². The summed E-state index contributed by atoms with van der Waals surface area (Å²) in [6.07, 6.45) is 16.4. The van der Waals surface area contributed by atoms with E-state index < -0.39 is 0 Å². The molecule has 63 heavy (non-hydrogen) atoms. The van der Waals surface area contributed by atoms with Gasteiger partial charge < -0.3 is 35.2 Å². The quantitative estimate of drug-likeness (QED) is 0.116. The zero-order valence-electron chi connectivity index (χ0n) is 36.0. The van der Waals surface area contributed by atoms with Gasteiger partial charge in [-0.05, 0) is 87.6 Å². The van der Waals surface area contributed by atoms with Crippen molar-refractivity contribution in [2.24, 2.45) is 5.73 Å². The number of ketones is 1. The zero-order valence-corrected chi connectivity index (χ0v) is 36.0. The third-order valence-electron chi connectivity index (χ3n) is 10.9. The minimum atomic E-state index is -0.329. The number of aryl methyl sites for hydroxylation is 2. The molecule has 0 saturated carbocycles. The molecule has 326 valence electrons. The van der Waals surface area contributed by atoms with Crippen LogP contribution in [0, 0.1) is 6.92 Å². The maximum atomic E-state index is 13.2. The highest BCUT2D eigenvalue weighted by Gasteiger charge is 2.36. The van der Waals surface area contributed by atoms with E-state index in [0.29, 0.717) is 44.6 Å². The molecule has 9 rings (SSSR count). The van der Waals surface area contributed by atoms with Crippen molar-refractivity contribution in [2.45, 2.75) is 71.1 Å². The van der Waals surface area contributed by atoms with Crippen molar-refractivity contribution < 1.29 is 18.7 Å². The number of aromatic nitrogens is 9. The van der Waals surface area contributed by atoms with Crippen LogP contribution in [0.4, 0.5) is 5.82 Å². The van der Waals surface area contributed by atoms with Crippen molar-refractivity contribution in [1.29, 1.82) is 0 Å². The summed E-state index contributed by atoms with van der Waals surface area (Å²) in [4.78, 5) is 41.7. The molecule has 4 N–H and O–H groups in total. The van der Waals surface area contributed by atoms with E-state index in [9.17, 15) is 4.79 Å². The van der Waals surface area contributed by atoms with E-state index in [1.165, 1.54) is 11.9 Å². The summed E-state index contributed by atoms with van der Waals surface area (Å²) < 4.78 is 19.9. The van der Waals surface area contributed by atoms with Gasteiger partial charge in [0.1, 0.15) is 43.6 Å². The Kier molecular flexibility index (Phi) is 13.3. The second-order valence-electron chi connectivity index (χ2n) is 16.1. The van der Waals surface area contributed by atoms with Gasteiger partial charge in [-0.25, -0.2) is 24.9 Å². The number of fused-ring (bicyclic) bond motifs is 2. The van der Waals surface area contributed by atoms with Gasteiger partial charge in [0.25, 0.3) is 5.95 Å². The van der Waals surface area contributed by atoms with Gasteiger partial charge in [0.2, 0.25) is 5.95 Å². The second kappa shape index (κ2) is 19.5. The molecule has 17 nitrogen and oxygen atoms in total. The van der Waals surface area contributed by atoms with Crippen LogP contribution in [0.5, 0.6) is 11.5 Å². The summed E-state index contributed by atoms with van der Waals surface area (Å²) in [7, 11) is 0. The molecule has 0 radical (unpaired) electrons. The smallest absolute Gasteiger partial charge is 0.252 e. The molecule has 2 aliphatic rings. The van der Waals surface area contributed by atoms with Gasteiger partial charge in [-0.2, -0.15) is 14.8 Å². The van der Waals surface area contributed by atoms with Gasteiger partial charge in [0.15, 0.2) is 17.3 Å². The molecule has 0 spiro atoms. The molecule has 5 aromatic heterocycles. The molecule has 0 amide bonds. The maximum absolute atomic E-state index is 13.2. The predicted molar refractivity (Wildman–Crippen MR) is 238 cm³/mol. The molecular formula is C46H53N13O4. The molecule has 0 aliphatic carbocycles. The molecule has 2 unspecified atom stereocenters. The van der Waals surface area contributed by atoms with Crippen molar-refractivity contribution in [2.75, 3.05) is 37.7 Å². The number of carbonyl (C=O) groups excluding carboxylic acids is 1. The fourth-order valence-electron chi connectivity index (χ4n) is 7.50. The molecule has 17 heteroatoms. The van der Waals surface area contributed by atoms with E-state index >= 15 is 0 Å². The monoisotopic (exact) mass is 851 g/mol. The number of nitrogens with two attached hydrogens (primary N) is 1. The fourth-order valence-corrected chi connectivity index (χ4v) is 7.50. The highest BCUT2D eigenvalue weighted by atomic mass is 16.6. The molecule has 2 aromatic carbocycles. The molecule has 1 fully saturated rings. The van der Waals surface area contributed by atoms with E-state index in [-0.39, 0.29) is 30.0 Å². The number of allylic oxidation sites excluding steroid dienone is 1. The molecule has 2 aliphatic heterocycles. The van der Waals surface area contributed by atoms with Crippen molar-refractivity contribution in [1.82, 2.24) is 54.9 Å². The minimum Gasteiger partial charge on any atom is -0.486 e.